The van der Waals surface area contributed by atoms with E-state index in [9.17, 15) is 31.5 Å². The number of rotatable bonds is 11. The molecular weight excluding hydrogens is 551 g/mol. The van der Waals surface area contributed by atoms with Crippen molar-refractivity contribution in [3.63, 3.8) is 0 Å². The molecule has 0 aliphatic carbocycles. The van der Waals surface area contributed by atoms with Crippen molar-refractivity contribution in [1.29, 1.82) is 0 Å². The minimum Gasteiger partial charge on any atom is -0.493 e. The van der Waals surface area contributed by atoms with E-state index >= 15 is 0 Å². The molecule has 3 aromatic carbocycles. The number of nitrogens with zero attached hydrogens (tertiary/aromatic N) is 1. The maximum atomic E-state index is 14.9. The zero-order valence-corrected chi connectivity index (χ0v) is 22.5. The molecule has 5 nitrogen and oxygen atoms in total. The van der Waals surface area contributed by atoms with Crippen LogP contribution in [0.15, 0.2) is 47.4 Å². The molecule has 0 saturated heterocycles. The van der Waals surface area contributed by atoms with Crippen LogP contribution in [0.3, 0.4) is 0 Å². The second-order valence-corrected chi connectivity index (χ2v) is 10.3. The molecule has 4 rings (SSSR count). The van der Waals surface area contributed by atoms with Crippen molar-refractivity contribution in [1.82, 2.24) is 5.32 Å². The number of carbonyl (C=O) groups is 2. The predicted molar refractivity (Wildman–Crippen MR) is 142 cm³/mol. The van der Waals surface area contributed by atoms with E-state index < -0.39 is 47.1 Å². The zero-order valence-electron chi connectivity index (χ0n) is 21.7. The summed E-state index contributed by atoms with van der Waals surface area (Å²) in [5.74, 6) is -5.97. The Morgan fingerprint density at radius 2 is 1.60 bits per heavy atom. The number of hydrogen-bond donors (Lipinski definition) is 1. The van der Waals surface area contributed by atoms with Gasteiger partial charge in [-0.3, -0.25) is 9.59 Å². The van der Waals surface area contributed by atoms with Crippen LogP contribution < -0.4 is 15.0 Å². The minimum atomic E-state index is -1.13. The molecule has 0 fully saturated rings. The lowest BCUT2D eigenvalue weighted by Crippen LogP contribution is -2.35. The lowest BCUT2D eigenvalue weighted by atomic mass is 10.1. The molecule has 1 aliphatic heterocycles. The molecular formula is C29H27F5N2O3S. The number of unbranched alkanes of at least 4 members (excludes halogenated alkanes) is 3. The Kier molecular flexibility index (Phi) is 9.67. The van der Waals surface area contributed by atoms with Gasteiger partial charge in [0.15, 0.2) is 0 Å². The summed E-state index contributed by atoms with van der Waals surface area (Å²) in [6, 6.07) is 7.58. The Bertz CT molecular complexity index is 1370. The molecule has 0 unspecified atom stereocenters. The average Bonchev–Trinajstić information content (AvgIpc) is 2.90. The van der Waals surface area contributed by atoms with Gasteiger partial charge in [-0.25, -0.2) is 22.0 Å². The van der Waals surface area contributed by atoms with Crippen molar-refractivity contribution >= 4 is 29.3 Å². The van der Waals surface area contributed by atoms with E-state index in [-0.39, 0.29) is 35.1 Å². The number of carbonyl (C=O) groups excluding carboxylic acids is 2. The minimum absolute atomic E-state index is 0.0216. The number of anilines is 1. The Balaban J connectivity index is 1.46. The van der Waals surface area contributed by atoms with Crippen LogP contribution in [-0.4, -0.2) is 24.2 Å². The maximum Gasteiger partial charge on any atom is 0.251 e. The van der Waals surface area contributed by atoms with Crippen LogP contribution in [0.4, 0.5) is 27.6 Å². The van der Waals surface area contributed by atoms with E-state index in [4.69, 9.17) is 4.74 Å². The normalized spacial score (nSPS) is 12.8. The fourth-order valence-corrected chi connectivity index (χ4v) is 5.19. The predicted octanol–water partition coefficient (Wildman–Crippen LogP) is 6.91. The van der Waals surface area contributed by atoms with Gasteiger partial charge in [-0.15, -0.1) is 11.8 Å². The van der Waals surface area contributed by atoms with Gasteiger partial charge < -0.3 is 15.0 Å². The number of halogens is 5. The van der Waals surface area contributed by atoms with Crippen molar-refractivity contribution in [2.45, 2.75) is 50.6 Å². The number of hydrogen-bond acceptors (Lipinski definition) is 4. The molecule has 3 aromatic rings. The number of nitrogens with one attached hydrogen (secondary N) is 1. The van der Waals surface area contributed by atoms with Gasteiger partial charge in [-0.1, -0.05) is 26.2 Å². The first kappa shape index (κ1) is 29.4. The Morgan fingerprint density at radius 1 is 0.925 bits per heavy atom. The lowest BCUT2D eigenvalue weighted by Gasteiger charge is -2.29. The molecule has 11 heteroatoms. The maximum absolute atomic E-state index is 14.9. The second kappa shape index (κ2) is 13.2. The number of benzene rings is 3. The van der Waals surface area contributed by atoms with E-state index in [0.29, 0.717) is 29.3 Å². The van der Waals surface area contributed by atoms with Crippen LogP contribution >= 0.6 is 11.8 Å². The van der Waals surface area contributed by atoms with E-state index in [2.05, 4.69) is 12.2 Å². The highest BCUT2D eigenvalue weighted by Gasteiger charge is 2.28. The zero-order chi connectivity index (χ0) is 28.8. The first-order valence-electron chi connectivity index (χ1n) is 12.8. The smallest absolute Gasteiger partial charge is 0.251 e. The van der Waals surface area contributed by atoms with Crippen LogP contribution in [-0.2, 0) is 17.9 Å². The molecule has 0 atom stereocenters. The number of fused-ring (bicyclic) bond motifs is 1. The van der Waals surface area contributed by atoms with Gasteiger partial charge in [-0.2, -0.15) is 0 Å². The third-order valence-corrected chi connectivity index (χ3v) is 7.42. The molecule has 0 radical (unpaired) electrons. The van der Waals surface area contributed by atoms with Crippen molar-refractivity contribution < 1.29 is 36.3 Å². The SMILES string of the molecule is CCCCCCOc1cc(F)c(CN2C(=O)CSc3cc(C(=O)NCc4c(F)cc(F)cc4F)ccc32)c(F)c1. The van der Waals surface area contributed by atoms with Gasteiger partial charge in [0.1, 0.15) is 34.8 Å². The highest BCUT2D eigenvalue weighted by molar-refractivity contribution is 8.00. The topological polar surface area (TPSA) is 58.6 Å². The van der Waals surface area contributed by atoms with Gasteiger partial charge in [0.05, 0.1) is 24.6 Å². The summed E-state index contributed by atoms with van der Waals surface area (Å²) >= 11 is 1.15. The van der Waals surface area contributed by atoms with Crippen molar-refractivity contribution in [2.75, 3.05) is 17.3 Å². The van der Waals surface area contributed by atoms with Gasteiger partial charge in [0, 0.05) is 52.4 Å². The van der Waals surface area contributed by atoms with Crippen molar-refractivity contribution in [3.8, 4) is 5.75 Å². The molecule has 212 valence electrons. The quantitative estimate of drug-likeness (QED) is 0.199. The molecule has 0 spiro atoms. The molecule has 0 bridgehead atoms. The van der Waals surface area contributed by atoms with Crippen molar-refractivity contribution in [3.05, 3.63) is 88.2 Å². The molecule has 1 heterocycles. The monoisotopic (exact) mass is 578 g/mol. The lowest BCUT2D eigenvalue weighted by molar-refractivity contribution is -0.116. The summed E-state index contributed by atoms with van der Waals surface area (Å²) in [7, 11) is 0. The third kappa shape index (κ3) is 6.93. The van der Waals surface area contributed by atoms with E-state index in [0.717, 1.165) is 49.6 Å². The Morgan fingerprint density at radius 3 is 2.27 bits per heavy atom. The second-order valence-electron chi connectivity index (χ2n) is 9.26. The van der Waals surface area contributed by atoms with Crippen LogP contribution in [0.25, 0.3) is 0 Å². The van der Waals surface area contributed by atoms with Gasteiger partial charge in [0.25, 0.3) is 5.91 Å². The van der Waals surface area contributed by atoms with Crippen LogP contribution in [0, 0.1) is 29.1 Å². The first-order chi connectivity index (χ1) is 19.2. The van der Waals surface area contributed by atoms with Gasteiger partial charge >= 0.3 is 0 Å². The molecule has 40 heavy (non-hydrogen) atoms. The summed E-state index contributed by atoms with van der Waals surface area (Å²) in [5, 5.41) is 2.39. The average molecular weight is 579 g/mol. The standard InChI is InChI=1S/C29H27F5N2O3S/c1-2-3-4-5-8-39-19-12-24(33)21(25(34)13-19)15-36-26-7-6-17(9-27(26)40-16-28(36)37)29(38)35-14-20-22(31)10-18(30)11-23(20)32/h6-7,9-13H,2-5,8,14-16H2,1H3,(H,35,38). The Hall–Kier alpha value is -3.60. The summed E-state index contributed by atoms with van der Waals surface area (Å²) in [4.78, 5) is 27.1. The molecule has 0 aromatic heterocycles. The highest BCUT2D eigenvalue weighted by atomic mass is 32.2. The van der Waals surface area contributed by atoms with E-state index in [1.54, 1.807) is 0 Å². The molecule has 2 amide bonds. The summed E-state index contributed by atoms with van der Waals surface area (Å²) in [5.41, 5.74) is -0.282. The fourth-order valence-electron chi connectivity index (χ4n) is 4.22. The molecule has 1 aliphatic rings. The molecule has 1 N–H and O–H groups in total. The van der Waals surface area contributed by atoms with Crippen molar-refractivity contribution in [2.24, 2.45) is 0 Å². The van der Waals surface area contributed by atoms with Gasteiger partial charge in [0.2, 0.25) is 5.91 Å². The van der Waals surface area contributed by atoms with E-state index in [1.165, 1.54) is 23.1 Å². The highest BCUT2D eigenvalue weighted by Crippen LogP contribution is 2.37. The van der Waals surface area contributed by atoms with E-state index in [1.807, 2.05) is 0 Å². The largest absolute Gasteiger partial charge is 0.493 e. The summed E-state index contributed by atoms with van der Waals surface area (Å²) in [6.45, 7) is 1.55. The summed E-state index contributed by atoms with van der Waals surface area (Å²) in [6.07, 6.45) is 3.85. The fraction of sp³-hybridized carbons (Fsp3) is 0.310. The molecule has 0 saturated carbocycles. The first-order valence-corrected chi connectivity index (χ1v) is 13.8. The number of amides is 2. The third-order valence-electron chi connectivity index (χ3n) is 6.39. The van der Waals surface area contributed by atoms with Crippen LogP contribution in [0.2, 0.25) is 0 Å². The van der Waals surface area contributed by atoms with Crippen LogP contribution in [0.5, 0.6) is 5.75 Å². The summed E-state index contributed by atoms with van der Waals surface area (Å²) < 4.78 is 76.1. The Labute approximate surface area is 232 Å². The van der Waals surface area contributed by atoms with Crippen LogP contribution in [0.1, 0.15) is 54.1 Å². The number of ether oxygens (including phenoxy) is 1. The number of thioether (sulfide) groups is 1. The van der Waals surface area contributed by atoms with Gasteiger partial charge in [-0.05, 0) is 24.6 Å².